The van der Waals surface area contributed by atoms with Crippen LogP contribution in [-0.2, 0) is 13.0 Å². The Bertz CT molecular complexity index is 689. The number of nitriles is 1. The molecule has 0 aliphatic carbocycles. The maximum absolute atomic E-state index is 8.86. The van der Waals surface area contributed by atoms with Crippen molar-refractivity contribution in [3.05, 3.63) is 65.2 Å². The highest BCUT2D eigenvalue weighted by atomic mass is 127. The van der Waals surface area contributed by atoms with Crippen molar-refractivity contribution in [2.75, 3.05) is 5.32 Å². The predicted molar refractivity (Wildman–Crippen MR) is 101 cm³/mol. The highest BCUT2D eigenvalue weighted by Crippen LogP contribution is 2.11. The summed E-state index contributed by atoms with van der Waals surface area (Å²) in [7, 11) is 0. The number of nitrogens with zero attached hydrogens (tertiary/aromatic N) is 2. The van der Waals surface area contributed by atoms with E-state index in [9.17, 15) is 0 Å². The molecule has 0 amide bonds. The summed E-state index contributed by atoms with van der Waals surface area (Å²) in [6.07, 6.45) is 0.980. The van der Waals surface area contributed by atoms with Crippen LogP contribution in [-0.4, -0.2) is 5.96 Å². The molecule has 2 rings (SSSR count). The number of hydrogen-bond donors (Lipinski definition) is 2. The molecule has 4 nitrogen and oxygen atoms in total. The van der Waals surface area contributed by atoms with Crippen molar-refractivity contribution in [3.63, 3.8) is 0 Å². The molecule has 0 atom stereocenters. The summed E-state index contributed by atoms with van der Waals surface area (Å²) in [6, 6.07) is 17.5. The van der Waals surface area contributed by atoms with Crippen LogP contribution in [0.4, 0.5) is 5.69 Å². The molecule has 0 spiro atoms. The summed E-state index contributed by atoms with van der Waals surface area (Å²) >= 11 is 0. The summed E-state index contributed by atoms with van der Waals surface area (Å²) < 4.78 is 0. The third-order valence-corrected chi connectivity index (χ3v) is 3.10. The second-order valence-corrected chi connectivity index (χ2v) is 4.69. The first kappa shape index (κ1) is 18.0. The lowest BCUT2D eigenvalue weighted by atomic mass is 10.1. The number of aryl methyl sites for hydroxylation is 1. The quantitative estimate of drug-likeness (QED) is 0.462. The molecule has 0 aliphatic heterocycles. The van der Waals surface area contributed by atoms with Crippen LogP contribution < -0.4 is 11.1 Å². The Hall–Kier alpha value is -2.07. The van der Waals surface area contributed by atoms with E-state index in [0.717, 1.165) is 17.7 Å². The van der Waals surface area contributed by atoms with E-state index in [-0.39, 0.29) is 24.0 Å². The molecular weight excluding hydrogens is 387 g/mol. The van der Waals surface area contributed by atoms with Crippen molar-refractivity contribution in [2.45, 2.75) is 19.9 Å². The zero-order valence-electron chi connectivity index (χ0n) is 12.4. The van der Waals surface area contributed by atoms with Crippen LogP contribution in [0.3, 0.4) is 0 Å². The van der Waals surface area contributed by atoms with Gasteiger partial charge in [-0.2, -0.15) is 5.26 Å². The SMILES string of the molecule is CCc1cccc(NC(N)=NCc2cccc(C#N)c2)c1.I. The largest absolute Gasteiger partial charge is 0.370 e. The molecule has 0 fully saturated rings. The number of guanidine groups is 1. The van der Waals surface area contributed by atoms with Crippen LogP contribution in [0.2, 0.25) is 0 Å². The van der Waals surface area contributed by atoms with Gasteiger partial charge in [0.15, 0.2) is 5.96 Å². The van der Waals surface area contributed by atoms with E-state index in [1.165, 1.54) is 5.56 Å². The molecule has 0 heterocycles. The Morgan fingerprint density at radius 1 is 1.18 bits per heavy atom. The van der Waals surface area contributed by atoms with Gasteiger partial charge in [-0.3, -0.25) is 0 Å². The average Bonchev–Trinajstić information content (AvgIpc) is 2.53. The Labute approximate surface area is 148 Å². The summed E-state index contributed by atoms with van der Waals surface area (Å²) in [5, 5.41) is 11.9. The van der Waals surface area contributed by atoms with Crippen LogP contribution in [0.25, 0.3) is 0 Å². The molecule has 3 N–H and O–H groups in total. The molecule has 0 saturated heterocycles. The highest BCUT2D eigenvalue weighted by molar-refractivity contribution is 14.0. The molecule has 0 unspecified atom stereocenters. The van der Waals surface area contributed by atoms with E-state index in [2.05, 4.69) is 35.4 Å². The molecule has 22 heavy (non-hydrogen) atoms. The van der Waals surface area contributed by atoms with Crippen LogP contribution in [0, 0.1) is 11.3 Å². The van der Waals surface area contributed by atoms with Crippen molar-refractivity contribution in [1.29, 1.82) is 5.26 Å². The third-order valence-electron chi connectivity index (χ3n) is 3.10. The number of rotatable bonds is 4. The minimum Gasteiger partial charge on any atom is -0.370 e. The first-order valence-electron chi connectivity index (χ1n) is 6.86. The lowest BCUT2D eigenvalue weighted by Crippen LogP contribution is -2.22. The van der Waals surface area contributed by atoms with E-state index < -0.39 is 0 Å². The van der Waals surface area contributed by atoms with Crippen LogP contribution in [0.15, 0.2) is 53.5 Å². The van der Waals surface area contributed by atoms with Gasteiger partial charge in [-0.25, -0.2) is 4.99 Å². The highest BCUT2D eigenvalue weighted by Gasteiger charge is 1.98. The normalized spacial score (nSPS) is 10.5. The second kappa shape index (κ2) is 9.05. The maximum atomic E-state index is 8.86. The van der Waals surface area contributed by atoms with Gasteiger partial charge < -0.3 is 11.1 Å². The van der Waals surface area contributed by atoms with Gasteiger partial charge in [0.1, 0.15) is 0 Å². The fourth-order valence-corrected chi connectivity index (χ4v) is 1.97. The first-order chi connectivity index (χ1) is 10.2. The molecule has 114 valence electrons. The molecule has 2 aromatic rings. The van der Waals surface area contributed by atoms with Gasteiger partial charge >= 0.3 is 0 Å². The lowest BCUT2D eigenvalue weighted by molar-refractivity contribution is 1.06. The topological polar surface area (TPSA) is 74.2 Å². The fraction of sp³-hybridized carbons (Fsp3) is 0.176. The standard InChI is InChI=1S/C17H18N4.HI/c1-2-13-5-4-8-16(10-13)21-17(19)20-12-15-7-3-6-14(9-15)11-18;/h3-10H,2,12H2,1H3,(H3,19,20,21);1H. The Kier molecular flexibility index (Phi) is 7.40. The number of nitrogens with two attached hydrogens (primary N) is 1. The number of nitrogens with one attached hydrogen (secondary N) is 1. The summed E-state index contributed by atoms with van der Waals surface area (Å²) in [5.41, 5.74) is 9.66. The second-order valence-electron chi connectivity index (χ2n) is 4.69. The molecule has 5 heteroatoms. The van der Waals surface area contributed by atoms with E-state index in [1.54, 1.807) is 6.07 Å². The van der Waals surface area contributed by atoms with Crippen LogP contribution in [0.1, 0.15) is 23.6 Å². The Morgan fingerprint density at radius 3 is 2.64 bits per heavy atom. The molecule has 0 aliphatic rings. The molecule has 0 saturated carbocycles. The molecule has 0 aromatic heterocycles. The van der Waals surface area contributed by atoms with Crippen molar-refractivity contribution < 1.29 is 0 Å². The minimum absolute atomic E-state index is 0. The summed E-state index contributed by atoms with van der Waals surface area (Å²) in [6.45, 7) is 2.56. The van der Waals surface area contributed by atoms with E-state index in [1.807, 2.05) is 30.3 Å². The Morgan fingerprint density at radius 2 is 1.91 bits per heavy atom. The Balaban J connectivity index is 0.00000242. The maximum Gasteiger partial charge on any atom is 0.193 e. The van der Waals surface area contributed by atoms with Gasteiger partial charge in [0, 0.05) is 5.69 Å². The van der Waals surface area contributed by atoms with Gasteiger partial charge in [0.2, 0.25) is 0 Å². The predicted octanol–water partition coefficient (Wildman–Crippen LogP) is 3.67. The molecule has 0 bridgehead atoms. The van der Waals surface area contributed by atoms with E-state index in [0.29, 0.717) is 18.1 Å². The number of benzene rings is 2. The first-order valence-corrected chi connectivity index (χ1v) is 6.86. The lowest BCUT2D eigenvalue weighted by Gasteiger charge is -2.07. The smallest absolute Gasteiger partial charge is 0.193 e. The summed E-state index contributed by atoms with van der Waals surface area (Å²) in [4.78, 5) is 4.29. The molecule has 0 radical (unpaired) electrons. The van der Waals surface area contributed by atoms with Crippen LogP contribution >= 0.6 is 24.0 Å². The monoisotopic (exact) mass is 406 g/mol. The van der Waals surface area contributed by atoms with Crippen molar-refractivity contribution in [3.8, 4) is 6.07 Å². The van der Waals surface area contributed by atoms with Crippen molar-refractivity contribution >= 4 is 35.6 Å². The van der Waals surface area contributed by atoms with Gasteiger partial charge in [-0.15, -0.1) is 24.0 Å². The van der Waals surface area contributed by atoms with E-state index in [4.69, 9.17) is 11.0 Å². The number of aliphatic imine (C=N–C) groups is 1. The number of hydrogen-bond acceptors (Lipinski definition) is 2. The van der Waals surface area contributed by atoms with Gasteiger partial charge in [-0.1, -0.05) is 31.2 Å². The van der Waals surface area contributed by atoms with Crippen molar-refractivity contribution in [1.82, 2.24) is 0 Å². The number of halogens is 1. The van der Waals surface area contributed by atoms with Crippen LogP contribution in [0.5, 0.6) is 0 Å². The molecule has 2 aromatic carbocycles. The third kappa shape index (κ3) is 5.37. The minimum atomic E-state index is 0. The zero-order valence-corrected chi connectivity index (χ0v) is 14.7. The fourth-order valence-electron chi connectivity index (χ4n) is 1.97. The van der Waals surface area contributed by atoms with Gasteiger partial charge in [0.25, 0.3) is 0 Å². The van der Waals surface area contributed by atoms with Gasteiger partial charge in [-0.05, 0) is 41.8 Å². The van der Waals surface area contributed by atoms with Crippen molar-refractivity contribution in [2.24, 2.45) is 10.7 Å². The number of anilines is 1. The molecular formula is C17H19IN4. The zero-order chi connectivity index (χ0) is 15.1. The van der Waals surface area contributed by atoms with E-state index >= 15 is 0 Å². The van der Waals surface area contributed by atoms with Gasteiger partial charge in [0.05, 0.1) is 18.2 Å². The average molecular weight is 406 g/mol. The summed E-state index contributed by atoms with van der Waals surface area (Å²) in [5.74, 6) is 0.366.